The van der Waals surface area contributed by atoms with E-state index in [2.05, 4.69) is 21.2 Å². The first-order valence-electron chi connectivity index (χ1n) is 7.79. The first-order chi connectivity index (χ1) is 11.0. The van der Waals surface area contributed by atoms with E-state index in [-0.39, 0.29) is 18.4 Å². The number of hydrogen-bond acceptors (Lipinski definition) is 2. The van der Waals surface area contributed by atoms with E-state index in [0.717, 1.165) is 22.0 Å². The number of carbonyl (C=O) groups is 1. The van der Waals surface area contributed by atoms with Crippen LogP contribution in [0.2, 0.25) is 0 Å². The first kappa shape index (κ1) is 17.7. The van der Waals surface area contributed by atoms with E-state index in [9.17, 15) is 9.90 Å². The van der Waals surface area contributed by atoms with Crippen LogP contribution in [0.25, 0.3) is 0 Å². The molecule has 1 amide bonds. The molecule has 2 N–H and O–H groups in total. The standard InChI is InChI=1S/C19H22BrNO2/c1-14(11-16-9-5-6-10-18(16)20)21-19(23)13-17(22)12-15-7-3-2-4-8-15/h2-10,14,17,22H,11-13H2,1H3,(H,21,23)/t14-,17+/m1/s1. The van der Waals surface area contributed by atoms with Crippen LogP contribution in [0.4, 0.5) is 0 Å². The van der Waals surface area contributed by atoms with E-state index < -0.39 is 6.10 Å². The van der Waals surface area contributed by atoms with Gasteiger partial charge in [-0.15, -0.1) is 0 Å². The number of benzene rings is 2. The number of nitrogens with one attached hydrogen (secondary N) is 1. The molecule has 0 aromatic heterocycles. The van der Waals surface area contributed by atoms with E-state index in [1.54, 1.807) is 0 Å². The average Bonchev–Trinajstić information content (AvgIpc) is 2.50. The molecule has 122 valence electrons. The highest BCUT2D eigenvalue weighted by Gasteiger charge is 2.14. The molecule has 23 heavy (non-hydrogen) atoms. The molecule has 0 aliphatic rings. The smallest absolute Gasteiger partial charge is 0.222 e. The van der Waals surface area contributed by atoms with Crippen molar-refractivity contribution in [2.45, 2.75) is 38.3 Å². The summed E-state index contributed by atoms with van der Waals surface area (Å²) in [5.74, 6) is -0.118. The Kier molecular flexibility index (Phi) is 6.81. The van der Waals surface area contributed by atoms with Crippen LogP contribution in [0.3, 0.4) is 0 Å². The number of carbonyl (C=O) groups excluding carboxylic acids is 1. The molecule has 0 aliphatic heterocycles. The molecule has 3 nitrogen and oxygen atoms in total. The van der Waals surface area contributed by atoms with Gasteiger partial charge in [-0.2, -0.15) is 0 Å². The quantitative estimate of drug-likeness (QED) is 0.777. The number of amides is 1. The molecule has 0 saturated heterocycles. The predicted molar refractivity (Wildman–Crippen MR) is 96.2 cm³/mol. The van der Waals surface area contributed by atoms with Crippen LogP contribution in [0.15, 0.2) is 59.1 Å². The van der Waals surface area contributed by atoms with Gasteiger partial charge in [0.25, 0.3) is 0 Å². The Morgan fingerprint density at radius 2 is 1.74 bits per heavy atom. The second-order valence-corrected chi connectivity index (χ2v) is 6.67. The summed E-state index contributed by atoms with van der Waals surface area (Å²) < 4.78 is 1.05. The van der Waals surface area contributed by atoms with Crippen LogP contribution in [0, 0.1) is 0 Å². The topological polar surface area (TPSA) is 49.3 Å². The third kappa shape index (κ3) is 6.16. The van der Waals surface area contributed by atoms with Crippen LogP contribution >= 0.6 is 15.9 Å². The summed E-state index contributed by atoms with van der Waals surface area (Å²) in [5.41, 5.74) is 2.19. The molecule has 0 heterocycles. The van der Waals surface area contributed by atoms with Crippen molar-refractivity contribution in [3.05, 3.63) is 70.2 Å². The zero-order valence-electron chi connectivity index (χ0n) is 13.2. The van der Waals surface area contributed by atoms with Crippen molar-refractivity contribution in [3.63, 3.8) is 0 Å². The number of rotatable bonds is 7. The van der Waals surface area contributed by atoms with Crippen LogP contribution in [-0.4, -0.2) is 23.2 Å². The van der Waals surface area contributed by atoms with E-state index in [1.807, 2.05) is 61.5 Å². The fourth-order valence-electron chi connectivity index (χ4n) is 2.55. The minimum Gasteiger partial charge on any atom is -0.392 e. The zero-order chi connectivity index (χ0) is 16.7. The highest BCUT2D eigenvalue weighted by atomic mass is 79.9. The molecule has 0 aliphatic carbocycles. The maximum atomic E-state index is 12.0. The maximum Gasteiger partial charge on any atom is 0.222 e. The van der Waals surface area contributed by atoms with Crippen LogP contribution in [-0.2, 0) is 17.6 Å². The van der Waals surface area contributed by atoms with Gasteiger partial charge in [-0.25, -0.2) is 0 Å². The van der Waals surface area contributed by atoms with Gasteiger partial charge >= 0.3 is 0 Å². The minimum absolute atomic E-state index is 0.0186. The Labute approximate surface area is 145 Å². The van der Waals surface area contributed by atoms with Crippen molar-refractivity contribution in [1.29, 1.82) is 0 Å². The Hall–Kier alpha value is -1.65. The summed E-state index contributed by atoms with van der Waals surface area (Å²) in [4.78, 5) is 12.0. The highest BCUT2D eigenvalue weighted by Crippen LogP contribution is 2.17. The fraction of sp³-hybridized carbons (Fsp3) is 0.316. The molecule has 4 heteroatoms. The molecular weight excluding hydrogens is 354 g/mol. The van der Waals surface area contributed by atoms with E-state index in [0.29, 0.717) is 6.42 Å². The third-order valence-electron chi connectivity index (χ3n) is 3.63. The zero-order valence-corrected chi connectivity index (χ0v) is 14.8. The summed E-state index contributed by atoms with van der Waals surface area (Å²) in [5, 5.41) is 13.0. The first-order valence-corrected chi connectivity index (χ1v) is 8.58. The van der Waals surface area contributed by atoms with Gasteiger partial charge in [0.1, 0.15) is 0 Å². The van der Waals surface area contributed by atoms with E-state index in [4.69, 9.17) is 0 Å². The van der Waals surface area contributed by atoms with Crippen LogP contribution < -0.4 is 5.32 Å². The predicted octanol–water partition coefficient (Wildman–Crippen LogP) is 3.49. The molecular formula is C19H22BrNO2. The monoisotopic (exact) mass is 375 g/mol. The lowest BCUT2D eigenvalue weighted by molar-refractivity contribution is -0.123. The molecule has 0 fully saturated rings. The lowest BCUT2D eigenvalue weighted by atomic mass is 10.0. The van der Waals surface area contributed by atoms with Gasteiger partial charge in [0.15, 0.2) is 0 Å². The summed E-state index contributed by atoms with van der Waals surface area (Å²) in [6, 6.07) is 17.7. The minimum atomic E-state index is -0.659. The van der Waals surface area contributed by atoms with E-state index in [1.165, 1.54) is 0 Å². The van der Waals surface area contributed by atoms with Crippen LogP contribution in [0.5, 0.6) is 0 Å². The fourth-order valence-corrected chi connectivity index (χ4v) is 3.00. The summed E-state index contributed by atoms with van der Waals surface area (Å²) in [7, 11) is 0. The second kappa shape index (κ2) is 8.85. The summed E-state index contributed by atoms with van der Waals surface area (Å²) in [6.07, 6.45) is 0.706. The molecule has 0 unspecified atom stereocenters. The van der Waals surface area contributed by atoms with Gasteiger partial charge in [0.05, 0.1) is 12.5 Å². The second-order valence-electron chi connectivity index (χ2n) is 5.81. The lowest BCUT2D eigenvalue weighted by Gasteiger charge is -2.16. The number of aliphatic hydroxyl groups excluding tert-OH is 1. The summed E-state index contributed by atoms with van der Waals surface area (Å²) >= 11 is 3.52. The van der Waals surface area contributed by atoms with Gasteiger partial charge in [0.2, 0.25) is 5.91 Å². The number of aliphatic hydroxyl groups is 1. The molecule has 2 atom stereocenters. The Morgan fingerprint density at radius 1 is 1.09 bits per heavy atom. The lowest BCUT2D eigenvalue weighted by Crippen LogP contribution is -2.36. The van der Waals surface area contributed by atoms with Crippen molar-refractivity contribution in [1.82, 2.24) is 5.32 Å². The molecule has 0 saturated carbocycles. The van der Waals surface area contributed by atoms with E-state index >= 15 is 0 Å². The Balaban J connectivity index is 1.78. The van der Waals surface area contributed by atoms with Crippen molar-refractivity contribution in [2.75, 3.05) is 0 Å². The normalized spacial score (nSPS) is 13.3. The van der Waals surface area contributed by atoms with Gasteiger partial charge in [-0.3, -0.25) is 4.79 Å². The molecule has 0 bridgehead atoms. The SMILES string of the molecule is C[C@H](Cc1ccccc1Br)NC(=O)C[C@@H](O)Cc1ccccc1. The van der Waals surface area contributed by atoms with Gasteiger partial charge in [-0.1, -0.05) is 64.5 Å². The van der Waals surface area contributed by atoms with Crippen LogP contribution in [0.1, 0.15) is 24.5 Å². The molecule has 0 spiro atoms. The van der Waals surface area contributed by atoms with Gasteiger partial charge in [0, 0.05) is 10.5 Å². The third-order valence-corrected chi connectivity index (χ3v) is 4.40. The largest absolute Gasteiger partial charge is 0.392 e. The summed E-state index contributed by atoms with van der Waals surface area (Å²) in [6.45, 7) is 1.97. The van der Waals surface area contributed by atoms with Crippen molar-refractivity contribution >= 4 is 21.8 Å². The molecule has 2 rings (SSSR count). The molecule has 2 aromatic rings. The van der Waals surface area contributed by atoms with Gasteiger partial charge in [-0.05, 0) is 37.0 Å². The van der Waals surface area contributed by atoms with Crippen molar-refractivity contribution in [3.8, 4) is 0 Å². The number of halogens is 1. The Bertz CT molecular complexity index is 630. The Morgan fingerprint density at radius 3 is 2.43 bits per heavy atom. The average molecular weight is 376 g/mol. The van der Waals surface area contributed by atoms with Crippen molar-refractivity contribution < 1.29 is 9.90 Å². The molecule has 2 aromatic carbocycles. The maximum absolute atomic E-state index is 12.0. The van der Waals surface area contributed by atoms with Gasteiger partial charge < -0.3 is 10.4 Å². The number of hydrogen-bond donors (Lipinski definition) is 2. The molecule has 0 radical (unpaired) electrons. The van der Waals surface area contributed by atoms with Crippen molar-refractivity contribution in [2.24, 2.45) is 0 Å². The highest BCUT2D eigenvalue weighted by molar-refractivity contribution is 9.10.